The van der Waals surface area contributed by atoms with Crippen LogP contribution in [-0.2, 0) is 4.79 Å². The fourth-order valence-electron chi connectivity index (χ4n) is 2.18. The number of thiocarbonyl (C=S) groups is 1. The van der Waals surface area contributed by atoms with Crippen LogP contribution < -0.4 is 11.1 Å². The monoisotopic (exact) mass is 282 g/mol. The molecule has 1 saturated carbocycles. The molecule has 0 saturated heterocycles. The molecule has 3 nitrogen and oxygen atoms in total. The number of halogens is 3. The van der Waals surface area contributed by atoms with Crippen molar-refractivity contribution in [2.45, 2.75) is 50.7 Å². The van der Waals surface area contributed by atoms with Gasteiger partial charge >= 0.3 is 6.18 Å². The highest BCUT2D eigenvalue weighted by molar-refractivity contribution is 7.80. The van der Waals surface area contributed by atoms with Crippen LogP contribution in [0.2, 0.25) is 0 Å². The minimum absolute atomic E-state index is 0.0740. The van der Waals surface area contributed by atoms with E-state index < -0.39 is 24.0 Å². The number of hydrogen-bond donors (Lipinski definition) is 2. The standard InChI is InChI=1S/C11H17F3N2OS/c1-7-2-4-10(5-3-7,9(15)18)16-8(17)6-11(12,13)14/h7H,2-6H2,1H3,(H2,15,18)(H,16,17). The van der Waals surface area contributed by atoms with Crippen LogP contribution in [0.5, 0.6) is 0 Å². The topological polar surface area (TPSA) is 55.1 Å². The second-order valence-corrected chi connectivity index (χ2v) is 5.41. The summed E-state index contributed by atoms with van der Waals surface area (Å²) < 4.78 is 36.4. The normalized spacial score (nSPS) is 28.8. The summed E-state index contributed by atoms with van der Waals surface area (Å²) in [5.74, 6) is -0.586. The molecule has 18 heavy (non-hydrogen) atoms. The first kappa shape index (κ1) is 15.2. The SMILES string of the molecule is CC1CCC(NC(=O)CC(F)(F)F)(C(N)=S)CC1. The molecule has 0 aromatic carbocycles. The number of alkyl halides is 3. The summed E-state index contributed by atoms with van der Waals surface area (Å²) in [6.45, 7) is 2.06. The van der Waals surface area contributed by atoms with Crippen LogP contribution in [-0.4, -0.2) is 22.6 Å². The summed E-state index contributed by atoms with van der Waals surface area (Å²) in [5.41, 5.74) is 4.65. The van der Waals surface area contributed by atoms with Crippen LogP contribution in [0.25, 0.3) is 0 Å². The molecule has 0 bridgehead atoms. The highest BCUT2D eigenvalue weighted by Gasteiger charge is 2.40. The Bertz CT molecular complexity index is 336. The lowest BCUT2D eigenvalue weighted by molar-refractivity contribution is -0.154. The van der Waals surface area contributed by atoms with Gasteiger partial charge in [-0.2, -0.15) is 13.2 Å². The summed E-state index contributed by atoms with van der Waals surface area (Å²) in [4.78, 5) is 11.4. The van der Waals surface area contributed by atoms with E-state index >= 15 is 0 Å². The van der Waals surface area contributed by atoms with Crippen LogP contribution in [0.15, 0.2) is 0 Å². The van der Waals surface area contributed by atoms with Crippen molar-refractivity contribution < 1.29 is 18.0 Å². The van der Waals surface area contributed by atoms with Gasteiger partial charge in [0.05, 0.1) is 10.5 Å². The van der Waals surface area contributed by atoms with Gasteiger partial charge in [0.1, 0.15) is 6.42 Å². The molecule has 1 rings (SSSR count). The second-order valence-electron chi connectivity index (χ2n) is 4.97. The zero-order chi connectivity index (χ0) is 14.0. The van der Waals surface area contributed by atoms with E-state index in [0.717, 1.165) is 12.8 Å². The summed E-state index contributed by atoms with van der Waals surface area (Å²) in [5, 5.41) is 2.38. The Hall–Kier alpha value is -0.850. The Morgan fingerprint density at radius 3 is 2.33 bits per heavy atom. The molecule has 1 fully saturated rings. The van der Waals surface area contributed by atoms with Crippen molar-refractivity contribution in [3.63, 3.8) is 0 Å². The van der Waals surface area contributed by atoms with Gasteiger partial charge in [0.25, 0.3) is 0 Å². The molecule has 104 valence electrons. The van der Waals surface area contributed by atoms with Gasteiger partial charge in [-0.25, -0.2) is 0 Å². The van der Waals surface area contributed by atoms with Gasteiger partial charge < -0.3 is 11.1 Å². The van der Waals surface area contributed by atoms with Crippen molar-refractivity contribution in [1.29, 1.82) is 0 Å². The van der Waals surface area contributed by atoms with E-state index in [1.54, 1.807) is 0 Å². The van der Waals surface area contributed by atoms with E-state index in [9.17, 15) is 18.0 Å². The number of carbonyl (C=O) groups is 1. The summed E-state index contributed by atoms with van der Waals surface area (Å²) >= 11 is 4.91. The number of nitrogens with two attached hydrogens (primary N) is 1. The molecule has 0 aromatic rings. The lowest BCUT2D eigenvalue weighted by atomic mass is 9.77. The molecule has 1 aliphatic rings. The van der Waals surface area contributed by atoms with E-state index in [-0.39, 0.29) is 4.99 Å². The zero-order valence-electron chi connectivity index (χ0n) is 10.1. The van der Waals surface area contributed by atoms with Gasteiger partial charge in [-0.15, -0.1) is 0 Å². The first-order valence-electron chi connectivity index (χ1n) is 5.82. The fourth-order valence-corrected chi connectivity index (χ4v) is 2.44. The smallest absolute Gasteiger partial charge is 0.391 e. The van der Waals surface area contributed by atoms with Gasteiger partial charge in [-0.1, -0.05) is 19.1 Å². The molecular formula is C11H17F3N2OS. The highest BCUT2D eigenvalue weighted by Crippen LogP contribution is 2.32. The van der Waals surface area contributed by atoms with Crippen molar-refractivity contribution in [3.8, 4) is 0 Å². The summed E-state index contributed by atoms with van der Waals surface area (Å²) in [6.07, 6.45) is -3.40. The average Bonchev–Trinajstić information content (AvgIpc) is 2.18. The highest BCUT2D eigenvalue weighted by atomic mass is 32.1. The molecule has 0 spiro atoms. The van der Waals surface area contributed by atoms with E-state index in [2.05, 4.69) is 12.2 Å². The number of hydrogen-bond acceptors (Lipinski definition) is 2. The van der Waals surface area contributed by atoms with Crippen molar-refractivity contribution in [1.82, 2.24) is 5.32 Å². The maximum atomic E-state index is 12.1. The number of rotatable bonds is 3. The zero-order valence-corrected chi connectivity index (χ0v) is 11.0. The van der Waals surface area contributed by atoms with Gasteiger partial charge in [-0.3, -0.25) is 4.79 Å². The molecule has 3 N–H and O–H groups in total. The number of carbonyl (C=O) groups excluding carboxylic acids is 1. The first-order valence-corrected chi connectivity index (χ1v) is 6.23. The van der Waals surface area contributed by atoms with E-state index in [4.69, 9.17) is 18.0 Å². The minimum Gasteiger partial charge on any atom is -0.391 e. The molecular weight excluding hydrogens is 265 g/mol. The van der Waals surface area contributed by atoms with Crippen molar-refractivity contribution >= 4 is 23.1 Å². The summed E-state index contributed by atoms with van der Waals surface area (Å²) in [7, 11) is 0. The predicted octanol–water partition coefficient (Wildman–Crippen LogP) is 2.29. The lowest BCUT2D eigenvalue weighted by Crippen LogP contribution is -2.58. The molecule has 0 aromatic heterocycles. The Labute approximate surface area is 109 Å². The van der Waals surface area contributed by atoms with Crippen molar-refractivity contribution in [2.24, 2.45) is 11.7 Å². The average molecular weight is 282 g/mol. The largest absolute Gasteiger partial charge is 0.397 e. The molecule has 1 amide bonds. The maximum Gasteiger partial charge on any atom is 0.397 e. The molecule has 0 aliphatic heterocycles. The molecule has 0 unspecified atom stereocenters. The van der Waals surface area contributed by atoms with Crippen molar-refractivity contribution in [3.05, 3.63) is 0 Å². The predicted molar refractivity (Wildman–Crippen MR) is 66.0 cm³/mol. The van der Waals surface area contributed by atoms with Crippen LogP contribution in [0, 0.1) is 5.92 Å². The van der Waals surface area contributed by atoms with Crippen LogP contribution in [0.3, 0.4) is 0 Å². The second kappa shape index (κ2) is 5.42. The quantitative estimate of drug-likeness (QED) is 0.781. The Kier molecular flexibility index (Phi) is 4.58. The third-order valence-corrected chi connectivity index (χ3v) is 3.73. The molecule has 7 heteroatoms. The Morgan fingerprint density at radius 1 is 1.44 bits per heavy atom. The third kappa shape index (κ3) is 4.12. The van der Waals surface area contributed by atoms with Crippen LogP contribution >= 0.6 is 12.2 Å². The molecule has 0 atom stereocenters. The van der Waals surface area contributed by atoms with Gasteiger partial charge in [0.2, 0.25) is 5.91 Å². The Morgan fingerprint density at radius 2 is 1.94 bits per heavy atom. The van der Waals surface area contributed by atoms with Crippen molar-refractivity contribution in [2.75, 3.05) is 0 Å². The molecule has 0 radical (unpaired) electrons. The van der Waals surface area contributed by atoms with E-state index in [1.807, 2.05) is 0 Å². The Balaban J connectivity index is 2.70. The third-order valence-electron chi connectivity index (χ3n) is 3.34. The van der Waals surface area contributed by atoms with Gasteiger partial charge in [0, 0.05) is 0 Å². The first-order chi connectivity index (χ1) is 8.15. The number of nitrogens with one attached hydrogen (secondary N) is 1. The van der Waals surface area contributed by atoms with E-state index in [1.165, 1.54) is 0 Å². The number of amides is 1. The minimum atomic E-state index is -4.51. The summed E-state index contributed by atoms with van der Waals surface area (Å²) in [6, 6.07) is 0. The van der Waals surface area contributed by atoms with Gasteiger partial charge in [-0.05, 0) is 31.6 Å². The molecule has 0 heterocycles. The van der Waals surface area contributed by atoms with Crippen LogP contribution in [0.1, 0.15) is 39.0 Å². The maximum absolute atomic E-state index is 12.1. The fraction of sp³-hybridized carbons (Fsp3) is 0.818. The molecule has 1 aliphatic carbocycles. The van der Waals surface area contributed by atoms with Gasteiger partial charge in [0.15, 0.2) is 0 Å². The van der Waals surface area contributed by atoms with Crippen LogP contribution in [0.4, 0.5) is 13.2 Å². The van der Waals surface area contributed by atoms with E-state index in [0.29, 0.717) is 18.8 Å². The lowest BCUT2D eigenvalue weighted by Gasteiger charge is -2.39.